The summed E-state index contributed by atoms with van der Waals surface area (Å²) in [6.07, 6.45) is 0.216. The molecule has 1 aliphatic heterocycles. The van der Waals surface area contributed by atoms with Gasteiger partial charge in [0.1, 0.15) is 5.75 Å². The SMILES string of the molecule is Cc1ccc(CN2C[C@H](C(=O)Nc3cccc4ccc(O)cc34)CC2=O)cc1. The van der Waals surface area contributed by atoms with Crippen molar-refractivity contribution in [1.82, 2.24) is 4.90 Å². The molecular weight excluding hydrogens is 352 g/mol. The minimum Gasteiger partial charge on any atom is -0.508 e. The maximum atomic E-state index is 12.8. The van der Waals surface area contributed by atoms with Crippen molar-refractivity contribution in [3.8, 4) is 5.75 Å². The molecule has 28 heavy (non-hydrogen) atoms. The summed E-state index contributed by atoms with van der Waals surface area (Å²) in [5.41, 5.74) is 2.88. The van der Waals surface area contributed by atoms with E-state index in [2.05, 4.69) is 5.32 Å². The predicted octanol–water partition coefficient (Wildman–Crippen LogP) is 3.84. The number of carbonyl (C=O) groups excluding carboxylic acids is 2. The van der Waals surface area contributed by atoms with E-state index in [9.17, 15) is 14.7 Å². The predicted molar refractivity (Wildman–Crippen MR) is 109 cm³/mol. The van der Waals surface area contributed by atoms with Gasteiger partial charge in [-0.2, -0.15) is 0 Å². The second-order valence-electron chi connectivity index (χ2n) is 7.36. The van der Waals surface area contributed by atoms with Gasteiger partial charge in [-0.3, -0.25) is 9.59 Å². The molecule has 5 nitrogen and oxygen atoms in total. The van der Waals surface area contributed by atoms with Gasteiger partial charge in [0.05, 0.1) is 5.92 Å². The maximum Gasteiger partial charge on any atom is 0.229 e. The van der Waals surface area contributed by atoms with Crippen LogP contribution in [-0.4, -0.2) is 28.4 Å². The topological polar surface area (TPSA) is 69.6 Å². The molecule has 0 unspecified atom stereocenters. The number of likely N-dealkylation sites (tertiary alicyclic amines) is 1. The highest BCUT2D eigenvalue weighted by Crippen LogP contribution is 2.28. The molecule has 4 rings (SSSR count). The lowest BCUT2D eigenvalue weighted by Gasteiger charge is -2.17. The standard InChI is InChI=1S/C23H22N2O3/c1-15-5-7-16(8-6-15)13-25-14-18(11-22(25)27)23(28)24-21-4-2-3-17-9-10-19(26)12-20(17)21/h2-10,12,18,26H,11,13-14H2,1H3,(H,24,28)/t18-/m1/s1. The van der Waals surface area contributed by atoms with Gasteiger partial charge >= 0.3 is 0 Å². The largest absolute Gasteiger partial charge is 0.508 e. The van der Waals surface area contributed by atoms with Crippen LogP contribution >= 0.6 is 0 Å². The second kappa shape index (κ2) is 7.35. The number of phenols is 1. The molecule has 1 atom stereocenters. The maximum absolute atomic E-state index is 12.8. The Balaban J connectivity index is 1.47. The lowest BCUT2D eigenvalue weighted by Crippen LogP contribution is -2.28. The molecule has 0 radical (unpaired) electrons. The summed E-state index contributed by atoms with van der Waals surface area (Å²) in [6, 6.07) is 18.7. The molecule has 0 aromatic heterocycles. The quantitative estimate of drug-likeness (QED) is 0.729. The molecule has 0 saturated carbocycles. The van der Waals surface area contributed by atoms with Crippen molar-refractivity contribution >= 4 is 28.3 Å². The number of nitrogens with zero attached hydrogens (tertiary/aromatic N) is 1. The van der Waals surface area contributed by atoms with Gasteiger partial charge in [-0.25, -0.2) is 0 Å². The molecule has 2 amide bonds. The second-order valence-corrected chi connectivity index (χ2v) is 7.36. The minimum atomic E-state index is -0.384. The normalized spacial score (nSPS) is 16.5. The Morgan fingerprint density at radius 2 is 1.93 bits per heavy atom. The van der Waals surface area contributed by atoms with Crippen molar-refractivity contribution < 1.29 is 14.7 Å². The third-order valence-electron chi connectivity index (χ3n) is 5.20. The van der Waals surface area contributed by atoms with Crippen LogP contribution in [0.3, 0.4) is 0 Å². The van der Waals surface area contributed by atoms with Gasteiger partial charge < -0.3 is 15.3 Å². The number of aryl methyl sites for hydroxylation is 1. The highest BCUT2D eigenvalue weighted by molar-refractivity contribution is 6.04. The number of hydrogen-bond acceptors (Lipinski definition) is 3. The summed E-state index contributed by atoms with van der Waals surface area (Å²) in [5, 5.41) is 14.4. The van der Waals surface area contributed by atoms with E-state index in [1.54, 1.807) is 23.1 Å². The Morgan fingerprint density at radius 1 is 1.14 bits per heavy atom. The van der Waals surface area contributed by atoms with Gasteiger partial charge in [0.2, 0.25) is 11.8 Å². The Morgan fingerprint density at radius 3 is 2.71 bits per heavy atom. The van der Waals surface area contributed by atoms with E-state index in [0.717, 1.165) is 16.3 Å². The van der Waals surface area contributed by atoms with Crippen molar-refractivity contribution in [3.05, 3.63) is 71.8 Å². The summed E-state index contributed by atoms with van der Waals surface area (Å²) in [7, 11) is 0. The highest BCUT2D eigenvalue weighted by Gasteiger charge is 2.34. The number of aromatic hydroxyl groups is 1. The molecule has 1 heterocycles. The lowest BCUT2D eigenvalue weighted by atomic mass is 10.1. The van der Waals surface area contributed by atoms with Crippen molar-refractivity contribution in [1.29, 1.82) is 0 Å². The van der Waals surface area contributed by atoms with Gasteiger partial charge in [-0.05, 0) is 36.1 Å². The lowest BCUT2D eigenvalue weighted by molar-refractivity contribution is -0.128. The minimum absolute atomic E-state index is 0.00344. The molecule has 1 aliphatic rings. The molecule has 0 spiro atoms. The Kier molecular flexibility index (Phi) is 4.74. The van der Waals surface area contributed by atoms with E-state index in [4.69, 9.17) is 0 Å². The first-order chi connectivity index (χ1) is 13.5. The van der Waals surface area contributed by atoms with Crippen molar-refractivity contribution in [2.45, 2.75) is 19.9 Å². The van der Waals surface area contributed by atoms with E-state index in [1.807, 2.05) is 49.4 Å². The first kappa shape index (κ1) is 18.0. The number of rotatable bonds is 4. The Hall–Kier alpha value is -3.34. The van der Waals surface area contributed by atoms with E-state index >= 15 is 0 Å². The summed E-state index contributed by atoms with van der Waals surface area (Å²) in [6.45, 7) is 2.96. The fourth-order valence-corrected chi connectivity index (χ4v) is 3.62. The first-order valence-corrected chi connectivity index (χ1v) is 9.35. The molecule has 2 N–H and O–H groups in total. The number of phenolic OH excluding ortho intramolecular Hbond substituents is 1. The average Bonchev–Trinajstić information content (AvgIpc) is 3.05. The molecule has 1 fully saturated rings. The van der Waals surface area contributed by atoms with Gasteiger partial charge in [0.15, 0.2) is 0 Å². The molecule has 5 heteroatoms. The van der Waals surface area contributed by atoms with Crippen LogP contribution in [0.5, 0.6) is 5.75 Å². The molecular formula is C23H22N2O3. The summed E-state index contributed by atoms with van der Waals surface area (Å²) < 4.78 is 0. The monoisotopic (exact) mass is 374 g/mol. The van der Waals surface area contributed by atoms with Crippen LogP contribution in [0.15, 0.2) is 60.7 Å². The van der Waals surface area contributed by atoms with E-state index in [0.29, 0.717) is 18.8 Å². The van der Waals surface area contributed by atoms with Gasteiger partial charge in [-0.15, -0.1) is 0 Å². The fraction of sp³-hybridized carbons (Fsp3) is 0.217. The van der Waals surface area contributed by atoms with Crippen LogP contribution in [0.2, 0.25) is 0 Å². The smallest absolute Gasteiger partial charge is 0.229 e. The Labute approximate surface area is 163 Å². The zero-order valence-corrected chi connectivity index (χ0v) is 15.7. The van der Waals surface area contributed by atoms with Gasteiger partial charge in [0.25, 0.3) is 0 Å². The van der Waals surface area contributed by atoms with E-state index < -0.39 is 0 Å². The molecule has 142 valence electrons. The van der Waals surface area contributed by atoms with Crippen molar-refractivity contribution in [3.63, 3.8) is 0 Å². The molecule has 1 saturated heterocycles. The summed E-state index contributed by atoms with van der Waals surface area (Å²) in [5.74, 6) is -0.410. The van der Waals surface area contributed by atoms with Crippen LogP contribution in [-0.2, 0) is 16.1 Å². The third kappa shape index (κ3) is 3.69. The highest BCUT2D eigenvalue weighted by atomic mass is 16.3. The van der Waals surface area contributed by atoms with E-state index in [1.165, 1.54) is 5.56 Å². The van der Waals surface area contributed by atoms with Crippen LogP contribution in [0.1, 0.15) is 17.5 Å². The van der Waals surface area contributed by atoms with Gasteiger partial charge in [0, 0.05) is 30.6 Å². The summed E-state index contributed by atoms with van der Waals surface area (Å²) >= 11 is 0. The number of anilines is 1. The van der Waals surface area contributed by atoms with Crippen molar-refractivity contribution in [2.75, 3.05) is 11.9 Å². The van der Waals surface area contributed by atoms with Crippen LogP contribution < -0.4 is 5.32 Å². The number of fused-ring (bicyclic) bond motifs is 1. The molecule has 0 aliphatic carbocycles. The zero-order valence-electron chi connectivity index (χ0n) is 15.7. The number of hydrogen-bond donors (Lipinski definition) is 2. The molecule has 0 bridgehead atoms. The molecule has 3 aromatic carbocycles. The average molecular weight is 374 g/mol. The van der Waals surface area contributed by atoms with Gasteiger partial charge in [-0.1, -0.05) is 48.0 Å². The van der Waals surface area contributed by atoms with Crippen LogP contribution in [0.4, 0.5) is 5.69 Å². The fourth-order valence-electron chi connectivity index (χ4n) is 3.62. The number of carbonyl (C=O) groups is 2. The number of benzene rings is 3. The zero-order chi connectivity index (χ0) is 19.7. The molecule has 3 aromatic rings. The van der Waals surface area contributed by atoms with Crippen LogP contribution in [0.25, 0.3) is 10.8 Å². The first-order valence-electron chi connectivity index (χ1n) is 9.35. The number of nitrogens with one attached hydrogen (secondary N) is 1. The Bertz CT molecular complexity index is 1040. The third-order valence-corrected chi connectivity index (χ3v) is 5.20. The van der Waals surface area contributed by atoms with E-state index in [-0.39, 0.29) is 29.9 Å². The van der Waals surface area contributed by atoms with Crippen molar-refractivity contribution in [2.24, 2.45) is 5.92 Å². The number of amides is 2. The van der Waals surface area contributed by atoms with Crippen LogP contribution in [0, 0.1) is 12.8 Å². The summed E-state index contributed by atoms with van der Waals surface area (Å²) in [4.78, 5) is 26.9.